The molecule has 2 unspecified atom stereocenters. The van der Waals surface area contributed by atoms with Crippen LogP contribution in [0.2, 0.25) is 0 Å². The van der Waals surface area contributed by atoms with Gasteiger partial charge < -0.3 is 10.4 Å². The Labute approximate surface area is 189 Å². The molecule has 2 aliphatic heterocycles. The number of rotatable bonds is 7. The second kappa shape index (κ2) is 8.19. The number of hydrogen-bond acceptors (Lipinski definition) is 4. The predicted octanol–water partition coefficient (Wildman–Crippen LogP) is 3.78. The number of carboxylic acid groups (broad SMARTS) is 1. The van der Waals surface area contributed by atoms with Crippen LogP contribution in [-0.4, -0.2) is 39.1 Å². The van der Waals surface area contributed by atoms with Crippen molar-refractivity contribution >= 4 is 21.7 Å². The molecule has 2 aromatic carbocycles. The zero-order chi connectivity index (χ0) is 22.3. The second-order valence-corrected chi connectivity index (χ2v) is 11.4. The average Bonchev–Trinajstić information content (AvgIpc) is 3.47. The summed E-state index contributed by atoms with van der Waals surface area (Å²) in [5.74, 6) is 0.353. The first kappa shape index (κ1) is 21.5. The minimum atomic E-state index is -3.54. The van der Waals surface area contributed by atoms with Gasteiger partial charge in [-0.1, -0.05) is 30.3 Å². The van der Waals surface area contributed by atoms with Gasteiger partial charge in [-0.25, -0.2) is 8.42 Å². The van der Waals surface area contributed by atoms with Gasteiger partial charge in [0.05, 0.1) is 16.0 Å². The number of aliphatic carboxylic acids is 1. The van der Waals surface area contributed by atoms with E-state index in [-0.39, 0.29) is 0 Å². The Morgan fingerprint density at radius 2 is 1.88 bits per heavy atom. The quantitative estimate of drug-likeness (QED) is 0.665. The number of sulfonamides is 1. The van der Waals surface area contributed by atoms with Gasteiger partial charge in [0.2, 0.25) is 0 Å². The molecule has 5 rings (SSSR count). The Bertz CT molecular complexity index is 1110. The van der Waals surface area contributed by atoms with Crippen molar-refractivity contribution in [3.05, 3.63) is 59.7 Å². The largest absolute Gasteiger partial charge is 0.481 e. The van der Waals surface area contributed by atoms with Crippen molar-refractivity contribution in [1.82, 2.24) is 5.32 Å². The number of carboxylic acids is 1. The number of nitrogens with one attached hydrogen (secondary N) is 1. The maximum Gasteiger partial charge on any atom is 0.309 e. The molecular weight excluding hydrogens is 424 g/mol. The Balaban J connectivity index is 1.27. The van der Waals surface area contributed by atoms with Crippen LogP contribution in [0.25, 0.3) is 0 Å². The standard InChI is InChI=1S/C25H30N2O4S/c28-24(29)25(11-13-26-14-12-25)10-8-19-17-22(19)18-6-7-23-20(16-18)9-15-27(23)32(30,31)21-4-2-1-3-5-21/h1-7,16,19,22,26H,8-15,17H2,(H,28,29). The number of hydrogen-bond donors (Lipinski definition) is 2. The van der Waals surface area contributed by atoms with E-state index in [9.17, 15) is 18.3 Å². The van der Waals surface area contributed by atoms with Crippen LogP contribution in [0.3, 0.4) is 0 Å². The number of fused-ring (bicyclic) bond motifs is 1. The zero-order valence-corrected chi connectivity index (χ0v) is 19.0. The third-order valence-electron chi connectivity index (χ3n) is 7.65. The smallest absolute Gasteiger partial charge is 0.309 e. The molecule has 1 saturated carbocycles. The van der Waals surface area contributed by atoms with Crippen LogP contribution in [0.15, 0.2) is 53.4 Å². The third kappa shape index (κ3) is 3.82. The molecule has 2 fully saturated rings. The van der Waals surface area contributed by atoms with E-state index in [4.69, 9.17) is 0 Å². The first-order valence-electron chi connectivity index (χ1n) is 11.6. The van der Waals surface area contributed by atoms with E-state index < -0.39 is 21.4 Å². The topological polar surface area (TPSA) is 86.7 Å². The minimum Gasteiger partial charge on any atom is -0.481 e. The summed E-state index contributed by atoms with van der Waals surface area (Å²) in [6, 6.07) is 14.8. The number of carbonyl (C=O) groups is 1. The lowest BCUT2D eigenvalue weighted by molar-refractivity contribution is -0.151. The monoisotopic (exact) mass is 454 g/mol. The van der Waals surface area contributed by atoms with Crippen molar-refractivity contribution in [3.63, 3.8) is 0 Å². The molecule has 0 radical (unpaired) electrons. The highest BCUT2D eigenvalue weighted by atomic mass is 32.2. The summed E-state index contributed by atoms with van der Waals surface area (Å²) >= 11 is 0. The molecule has 0 spiro atoms. The highest BCUT2D eigenvalue weighted by Crippen LogP contribution is 2.53. The molecule has 3 aliphatic rings. The summed E-state index contributed by atoms with van der Waals surface area (Å²) in [5.41, 5.74) is 2.58. The van der Waals surface area contributed by atoms with Gasteiger partial charge in [-0.15, -0.1) is 0 Å². The summed E-state index contributed by atoms with van der Waals surface area (Å²) < 4.78 is 27.7. The molecule has 0 amide bonds. The third-order valence-corrected chi connectivity index (χ3v) is 9.47. The van der Waals surface area contributed by atoms with E-state index in [0.29, 0.717) is 36.1 Å². The van der Waals surface area contributed by atoms with Gasteiger partial charge in [0.1, 0.15) is 0 Å². The van der Waals surface area contributed by atoms with Crippen LogP contribution < -0.4 is 9.62 Å². The normalized spacial score (nSPS) is 24.2. The van der Waals surface area contributed by atoms with Gasteiger partial charge in [-0.05, 0) is 92.8 Å². The molecule has 2 atom stereocenters. The summed E-state index contributed by atoms with van der Waals surface area (Å²) in [5, 5.41) is 13.1. The van der Waals surface area contributed by atoms with Gasteiger partial charge in [0, 0.05) is 6.54 Å². The fraction of sp³-hybridized carbons (Fsp3) is 0.480. The number of anilines is 1. The Kier molecular flexibility index (Phi) is 5.50. The number of piperidine rings is 1. The van der Waals surface area contributed by atoms with Crippen LogP contribution >= 0.6 is 0 Å². The van der Waals surface area contributed by atoms with Crippen molar-refractivity contribution < 1.29 is 18.3 Å². The molecule has 2 aromatic rings. The van der Waals surface area contributed by atoms with Gasteiger partial charge in [0.25, 0.3) is 10.0 Å². The lowest BCUT2D eigenvalue weighted by Gasteiger charge is -2.33. The lowest BCUT2D eigenvalue weighted by atomic mass is 9.75. The number of benzene rings is 2. The first-order valence-corrected chi connectivity index (χ1v) is 13.0. The first-order chi connectivity index (χ1) is 15.4. The van der Waals surface area contributed by atoms with Crippen LogP contribution in [-0.2, 0) is 21.2 Å². The van der Waals surface area contributed by atoms with E-state index in [1.807, 2.05) is 12.1 Å². The zero-order valence-electron chi connectivity index (χ0n) is 18.2. The second-order valence-electron chi connectivity index (χ2n) is 9.50. The molecule has 6 nitrogen and oxygen atoms in total. The summed E-state index contributed by atoms with van der Waals surface area (Å²) in [7, 11) is -3.54. The van der Waals surface area contributed by atoms with Crippen molar-refractivity contribution in [1.29, 1.82) is 0 Å². The van der Waals surface area contributed by atoms with Gasteiger partial charge in [-0.2, -0.15) is 0 Å². The predicted molar refractivity (Wildman–Crippen MR) is 123 cm³/mol. The summed E-state index contributed by atoms with van der Waals surface area (Å²) in [6.45, 7) is 2.04. The van der Waals surface area contributed by atoms with E-state index in [0.717, 1.165) is 50.0 Å². The molecule has 7 heteroatoms. The van der Waals surface area contributed by atoms with Gasteiger partial charge in [-0.3, -0.25) is 9.10 Å². The molecular formula is C25H30N2O4S. The van der Waals surface area contributed by atoms with Crippen LogP contribution in [0.4, 0.5) is 5.69 Å². The van der Waals surface area contributed by atoms with Crippen molar-refractivity contribution in [2.45, 2.75) is 49.3 Å². The molecule has 2 N–H and O–H groups in total. The van der Waals surface area contributed by atoms with Crippen molar-refractivity contribution in [3.8, 4) is 0 Å². The van der Waals surface area contributed by atoms with E-state index in [1.54, 1.807) is 24.3 Å². The Morgan fingerprint density at radius 3 is 2.59 bits per heavy atom. The lowest BCUT2D eigenvalue weighted by Crippen LogP contribution is -2.42. The molecule has 1 aliphatic carbocycles. The Morgan fingerprint density at radius 1 is 1.12 bits per heavy atom. The van der Waals surface area contributed by atoms with E-state index >= 15 is 0 Å². The summed E-state index contributed by atoms with van der Waals surface area (Å²) in [6.07, 6.45) is 4.94. The van der Waals surface area contributed by atoms with Crippen LogP contribution in [0.5, 0.6) is 0 Å². The van der Waals surface area contributed by atoms with E-state index in [1.165, 1.54) is 9.87 Å². The molecule has 0 aromatic heterocycles. The van der Waals surface area contributed by atoms with Crippen LogP contribution in [0, 0.1) is 11.3 Å². The Hall–Kier alpha value is -2.38. The van der Waals surface area contributed by atoms with Gasteiger partial charge >= 0.3 is 5.97 Å². The maximum atomic E-state index is 13.1. The molecule has 0 bridgehead atoms. The summed E-state index contributed by atoms with van der Waals surface area (Å²) in [4.78, 5) is 12.2. The highest BCUT2D eigenvalue weighted by Gasteiger charge is 2.44. The molecule has 1 saturated heterocycles. The number of nitrogens with zero attached hydrogens (tertiary/aromatic N) is 1. The van der Waals surface area contributed by atoms with Crippen LogP contribution in [0.1, 0.15) is 49.1 Å². The fourth-order valence-electron chi connectivity index (χ4n) is 5.50. The highest BCUT2D eigenvalue weighted by molar-refractivity contribution is 7.92. The van der Waals surface area contributed by atoms with Crippen molar-refractivity contribution in [2.24, 2.45) is 11.3 Å². The SMILES string of the molecule is O=C(O)C1(CCC2CC2c2ccc3c(c2)CCN3S(=O)(=O)c2ccccc2)CCNCC1. The maximum absolute atomic E-state index is 13.1. The van der Waals surface area contributed by atoms with Gasteiger partial charge in [0.15, 0.2) is 0 Å². The fourth-order valence-corrected chi connectivity index (χ4v) is 7.03. The minimum absolute atomic E-state index is 0.324. The molecule has 2 heterocycles. The van der Waals surface area contributed by atoms with Crippen molar-refractivity contribution in [2.75, 3.05) is 23.9 Å². The molecule has 32 heavy (non-hydrogen) atoms. The van der Waals surface area contributed by atoms with E-state index in [2.05, 4.69) is 17.4 Å². The average molecular weight is 455 g/mol. The molecule has 170 valence electrons.